The van der Waals surface area contributed by atoms with E-state index in [-0.39, 0.29) is 17.5 Å². The van der Waals surface area contributed by atoms with Gasteiger partial charge in [-0.15, -0.1) is 21.5 Å². The number of rotatable bonds is 4. The summed E-state index contributed by atoms with van der Waals surface area (Å²) in [6, 6.07) is 2.00. The van der Waals surface area contributed by atoms with Crippen LogP contribution >= 0.6 is 11.3 Å². The van der Waals surface area contributed by atoms with E-state index in [1.54, 1.807) is 7.05 Å². The fourth-order valence-corrected chi connectivity index (χ4v) is 3.29. The first-order valence-corrected chi connectivity index (χ1v) is 7.96. The summed E-state index contributed by atoms with van der Waals surface area (Å²) < 4.78 is 4.02. The van der Waals surface area contributed by atoms with Gasteiger partial charge in [0, 0.05) is 25.9 Å². The molecule has 0 aliphatic heterocycles. The molecule has 116 valence electrons. The van der Waals surface area contributed by atoms with E-state index in [4.69, 9.17) is 0 Å². The van der Waals surface area contributed by atoms with Crippen molar-refractivity contribution in [3.63, 3.8) is 0 Å². The second-order valence-electron chi connectivity index (χ2n) is 5.47. The molecule has 0 spiro atoms. The highest BCUT2D eigenvalue weighted by Gasteiger charge is 2.16. The summed E-state index contributed by atoms with van der Waals surface area (Å²) in [5, 5.41) is 13.0. The zero-order valence-corrected chi connectivity index (χ0v) is 13.5. The lowest BCUT2D eigenvalue weighted by atomic mass is 10.2. The number of fused-ring (bicyclic) bond motifs is 3. The van der Waals surface area contributed by atoms with Crippen molar-refractivity contribution >= 4 is 33.2 Å². The van der Waals surface area contributed by atoms with E-state index in [9.17, 15) is 9.59 Å². The van der Waals surface area contributed by atoms with Crippen molar-refractivity contribution in [3.8, 4) is 0 Å². The van der Waals surface area contributed by atoms with Crippen LogP contribution in [0.15, 0.2) is 16.2 Å². The summed E-state index contributed by atoms with van der Waals surface area (Å²) in [4.78, 5) is 24.0. The first-order valence-electron chi connectivity index (χ1n) is 7.08. The van der Waals surface area contributed by atoms with Crippen LogP contribution in [-0.2, 0) is 18.3 Å². The SMILES string of the molecule is CC(C)NC(=O)CCc1nnc2n(C)c(=O)c3sccc3n12. The van der Waals surface area contributed by atoms with Crippen LogP contribution in [0.1, 0.15) is 26.1 Å². The number of thiophene rings is 1. The van der Waals surface area contributed by atoms with Crippen molar-refractivity contribution in [3.05, 3.63) is 27.6 Å². The molecule has 3 aromatic rings. The van der Waals surface area contributed by atoms with Gasteiger partial charge in [0.1, 0.15) is 10.5 Å². The number of nitrogens with one attached hydrogen (secondary N) is 1. The number of aromatic nitrogens is 4. The summed E-state index contributed by atoms with van der Waals surface area (Å²) in [7, 11) is 1.68. The van der Waals surface area contributed by atoms with Crippen LogP contribution in [-0.4, -0.2) is 31.1 Å². The van der Waals surface area contributed by atoms with Crippen molar-refractivity contribution in [2.75, 3.05) is 0 Å². The number of carbonyl (C=O) groups is 1. The quantitative estimate of drug-likeness (QED) is 0.781. The summed E-state index contributed by atoms with van der Waals surface area (Å²) in [5.74, 6) is 1.17. The molecule has 0 radical (unpaired) electrons. The smallest absolute Gasteiger partial charge is 0.272 e. The average Bonchev–Trinajstić information content (AvgIpc) is 3.08. The number of nitrogens with zero attached hydrogens (tertiary/aromatic N) is 4. The summed E-state index contributed by atoms with van der Waals surface area (Å²) in [5.41, 5.74) is 0.723. The second kappa shape index (κ2) is 5.53. The van der Waals surface area contributed by atoms with Crippen molar-refractivity contribution in [1.82, 2.24) is 24.5 Å². The molecule has 0 saturated carbocycles. The fourth-order valence-electron chi connectivity index (χ4n) is 2.43. The topological polar surface area (TPSA) is 81.3 Å². The normalized spacial score (nSPS) is 11.6. The molecular weight excluding hydrogens is 302 g/mol. The van der Waals surface area contributed by atoms with Gasteiger partial charge in [-0.3, -0.25) is 18.6 Å². The predicted octanol–water partition coefficient (Wildman–Crippen LogP) is 1.10. The first kappa shape index (κ1) is 14.7. The minimum Gasteiger partial charge on any atom is -0.354 e. The van der Waals surface area contributed by atoms with E-state index >= 15 is 0 Å². The Morgan fingerprint density at radius 1 is 1.41 bits per heavy atom. The largest absolute Gasteiger partial charge is 0.354 e. The highest BCUT2D eigenvalue weighted by Crippen LogP contribution is 2.19. The third-order valence-electron chi connectivity index (χ3n) is 3.42. The zero-order valence-electron chi connectivity index (χ0n) is 12.7. The van der Waals surface area contributed by atoms with Crippen LogP contribution in [0.5, 0.6) is 0 Å². The van der Waals surface area contributed by atoms with Gasteiger partial charge in [-0.1, -0.05) is 0 Å². The Morgan fingerprint density at radius 2 is 2.18 bits per heavy atom. The van der Waals surface area contributed by atoms with E-state index in [1.165, 1.54) is 15.9 Å². The van der Waals surface area contributed by atoms with E-state index < -0.39 is 0 Å². The molecule has 0 bridgehead atoms. The van der Waals surface area contributed by atoms with Crippen LogP contribution in [0.4, 0.5) is 0 Å². The summed E-state index contributed by atoms with van der Waals surface area (Å²) in [6.07, 6.45) is 0.816. The van der Waals surface area contributed by atoms with Crippen molar-refractivity contribution < 1.29 is 4.79 Å². The van der Waals surface area contributed by atoms with Crippen LogP contribution in [0.25, 0.3) is 16.0 Å². The van der Waals surface area contributed by atoms with E-state index in [2.05, 4.69) is 15.5 Å². The summed E-state index contributed by atoms with van der Waals surface area (Å²) >= 11 is 1.40. The zero-order chi connectivity index (χ0) is 15.9. The van der Waals surface area contributed by atoms with Crippen LogP contribution in [0, 0.1) is 0 Å². The molecule has 0 atom stereocenters. The Morgan fingerprint density at radius 3 is 2.91 bits per heavy atom. The lowest BCUT2D eigenvalue weighted by Gasteiger charge is -2.08. The Labute approximate surface area is 130 Å². The van der Waals surface area contributed by atoms with Crippen LogP contribution < -0.4 is 10.9 Å². The van der Waals surface area contributed by atoms with Crippen LogP contribution in [0.3, 0.4) is 0 Å². The van der Waals surface area contributed by atoms with Crippen molar-refractivity contribution in [1.29, 1.82) is 0 Å². The Balaban J connectivity index is 2.01. The van der Waals surface area contributed by atoms with Crippen molar-refractivity contribution in [2.45, 2.75) is 32.7 Å². The van der Waals surface area contributed by atoms with Gasteiger partial charge in [-0.05, 0) is 25.3 Å². The minimum absolute atomic E-state index is 0.0156. The van der Waals surface area contributed by atoms with Gasteiger partial charge in [0.2, 0.25) is 11.7 Å². The molecule has 0 aromatic carbocycles. The molecule has 1 amide bonds. The molecule has 22 heavy (non-hydrogen) atoms. The van der Waals surface area contributed by atoms with Gasteiger partial charge in [-0.25, -0.2) is 0 Å². The monoisotopic (exact) mass is 319 g/mol. The molecule has 0 unspecified atom stereocenters. The number of hydrogen-bond acceptors (Lipinski definition) is 5. The van der Waals surface area contributed by atoms with Crippen molar-refractivity contribution in [2.24, 2.45) is 7.05 Å². The number of hydrogen-bond donors (Lipinski definition) is 1. The van der Waals surface area contributed by atoms with E-state index in [0.29, 0.717) is 29.1 Å². The third kappa shape index (κ3) is 2.39. The maximum absolute atomic E-state index is 12.2. The Hall–Kier alpha value is -2.22. The van der Waals surface area contributed by atoms with Gasteiger partial charge in [-0.2, -0.15) is 0 Å². The van der Waals surface area contributed by atoms with Gasteiger partial charge in [0.15, 0.2) is 0 Å². The van der Waals surface area contributed by atoms with E-state index in [0.717, 1.165) is 5.52 Å². The number of carbonyl (C=O) groups excluding carboxylic acids is 1. The average molecular weight is 319 g/mol. The number of aryl methyl sites for hydroxylation is 2. The number of amides is 1. The maximum Gasteiger partial charge on any atom is 0.272 e. The molecule has 8 heteroatoms. The highest BCUT2D eigenvalue weighted by molar-refractivity contribution is 7.17. The fraction of sp³-hybridized carbons (Fsp3) is 0.429. The third-order valence-corrected chi connectivity index (χ3v) is 4.31. The molecular formula is C14H17N5O2S. The summed E-state index contributed by atoms with van der Waals surface area (Å²) in [6.45, 7) is 3.85. The first-order chi connectivity index (χ1) is 10.5. The predicted molar refractivity (Wildman–Crippen MR) is 85.2 cm³/mol. The van der Waals surface area contributed by atoms with E-state index in [1.807, 2.05) is 29.7 Å². The van der Waals surface area contributed by atoms with Gasteiger partial charge in [0.05, 0.1) is 5.52 Å². The molecule has 0 aliphatic rings. The van der Waals surface area contributed by atoms with Gasteiger partial charge in [0.25, 0.3) is 5.56 Å². The second-order valence-corrected chi connectivity index (χ2v) is 6.39. The molecule has 3 rings (SSSR count). The minimum atomic E-state index is -0.0750. The van der Waals surface area contributed by atoms with Crippen LogP contribution in [0.2, 0.25) is 0 Å². The molecule has 3 heterocycles. The maximum atomic E-state index is 12.2. The highest BCUT2D eigenvalue weighted by atomic mass is 32.1. The Kier molecular flexibility index (Phi) is 3.69. The Bertz CT molecular complexity index is 905. The molecule has 0 fully saturated rings. The lowest BCUT2D eigenvalue weighted by molar-refractivity contribution is -0.121. The molecule has 7 nitrogen and oxygen atoms in total. The molecule has 3 aromatic heterocycles. The molecule has 0 saturated heterocycles. The van der Waals surface area contributed by atoms with Gasteiger partial charge >= 0.3 is 0 Å². The standard InChI is InChI=1S/C14H17N5O2S/c1-8(2)15-11(20)5-4-10-16-17-14-18(3)13(21)12-9(19(10)14)6-7-22-12/h6-8H,4-5H2,1-3H3,(H,15,20). The lowest BCUT2D eigenvalue weighted by Crippen LogP contribution is -2.30. The van der Waals surface area contributed by atoms with Gasteiger partial charge < -0.3 is 5.32 Å². The molecule has 0 aliphatic carbocycles. The molecule has 1 N–H and O–H groups in total.